The van der Waals surface area contributed by atoms with Crippen molar-refractivity contribution < 1.29 is 14.7 Å². The zero-order valence-corrected chi connectivity index (χ0v) is 20.9. The number of unbranched alkanes of at least 4 members (excludes halogenated alkanes) is 1. The average Bonchev–Trinajstić information content (AvgIpc) is 3.47. The van der Waals surface area contributed by atoms with E-state index in [1.165, 1.54) is 4.90 Å². The molecular formula is C29H31N5O3. The molecule has 1 atom stereocenters. The minimum Gasteiger partial charge on any atom is -0.480 e. The second-order valence-electron chi connectivity index (χ2n) is 8.98. The molecule has 8 heteroatoms. The van der Waals surface area contributed by atoms with Crippen LogP contribution in [0.15, 0.2) is 78.9 Å². The number of carboxylic acids is 1. The largest absolute Gasteiger partial charge is 0.480 e. The molecule has 3 aromatic carbocycles. The lowest BCUT2D eigenvalue weighted by molar-refractivity contribution is -0.151. The van der Waals surface area contributed by atoms with Crippen LogP contribution in [0.1, 0.15) is 43.7 Å². The predicted octanol–water partition coefficient (Wildman–Crippen LogP) is 5.14. The topological polar surface area (TPSA) is 112 Å². The Hall–Kier alpha value is -4.33. The number of aromatic nitrogens is 4. The van der Waals surface area contributed by atoms with E-state index in [1.54, 1.807) is 0 Å². The first-order valence-electron chi connectivity index (χ1n) is 12.5. The maximum absolute atomic E-state index is 13.2. The van der Waals surface area contributed by atoms with Gasteiger partial charge in [-0.1, -0.05) is 92.2 Å². The van der Waals surface area contributed by atoms with Crippen LogP contribution >= 0.6 is 0 Å². The summed E-state index contributed by atoms with van der Waals surface area (Å²) in [6, 6.07) is 24.5. The Labute approximate surface area is 216 Å². The predicted molar refractivity (Wildman–Crippen MR) is 141 cm³/mol. The fourth-order valence-corrected chi connectivity index (χ4v) is 4.40. The monoisotopic (exact) mass is 497 g/mol. The zero-order chi connectivity index (χ0) is 26.0. The van der Waals surface area contributed by atoms with E-state index in [9.17, 15) is 14.7 Å². The van der Waals surface area contributed by atoms with Crippen molar-refractivity contribution in [3.05, 3.63) is 90.0 Å². The van der Waals surface area contributed by atoms with Crippen LogP contribution in [0.5, 0.6) is 0 Å². The van der Waals surface area contributed by atoms with Gasteiger partial charge in [0.1, 0.15) is 6.04 Å². The van der Waals surface area contributed by atoms with Gasteiger partial charge in [-0.15, -0.1) is 10.2 Å². The van der Waals surface area contributed by atoms with Crippen LogP contribution in [0, 0.1) is 0 Å². The van der Waals surface area contributed by atoms with Crippen LogP contribution in [0.25, 0.3) is 22.5 Å². The first kappa shape index (κ1) is 25.8. The van der Waals surface area contributed by atoms with Crippen LogP contribution in [0.3, 0.4) is 0 Å². The molecule has 1 heterocycles. The summed E-state index contributed by atoms with van der Waals surface area (Å²) in [4.78, 5) is 27.0. The molecule has 0 saturated carbocycles. The normalized spacial score (nSPS) is 11.7. The number of aromatic amines is 1. The maximum Gasteiger partial charge on any atom is 0.326 e. The second-order valence-corrected chi connectivity index (χ2v) is 8.98. The van der Waals surface area contributed by atoms with E-state index in [-0.39, 0.29) is 12.5 Å². The Balaban J connectivity index is 1.56. The molecular weight excluding hydrogens is 466 g/mol. The Morgan fingerprint density at radius 1 is 0.919 bits per heavy atom. The third-order valence-electron chi connectivity index (χ3n) is 6.41. The van der Waals surface area contributed by atoms with Gasteiger partial charge in [0.15, 0.2) is 0 Å². The molecule has 0 aliphatic rings. The number of aliphatic carboxylic acids is 1. The number of tetrazole rings is 1. The molecule has 1 amide bonds. The Kier molecular flexibility index (Phi) is 8.75. The lowest BCUT2D eigenvalue weighted by atomic mass is 9.98. The summed E-state index contributed by atoms with van der Waals surface area (Å²) in [6.45, 7) is 2.26. The van der Waals surface area contributed by atoms with Crippen molar-refractivity contribution in [2.45, 2.75) is 51.6 Å². The van der Waals surface area contributed by atoms with Crippen molar-refractivity contribution in [2.75, 3.05) is 0 Å². The molecule has 0 aliphatic carbocycles. The Bertz CT molecular complexity index is 1290. The van der Waals surface area contributed by atoms with E-state index in [0.717, 1.165) is 40.7 Å². The van der Waals surface area contributed by atoms with E-state index >= 15 is 0 Å². The second kappa shape index (κ2) is 12.6. The van der Waals surface area contributed by atoms with Crippen LogP contribution in [0.4, 0.5) is 0 Å². The molecule has 0 unspecified atom stereocenters. The minimum atomic E-state index is -0.980. The molecule has 8 nitrogen and oxygen atoms in total. The van der Waals surface area contributed by atoms with Gasteiger partial charge in [-0.2, -0.15) is 5.21 Å². The minimum absolute atomic E-state index is 0.131. The highest BCUT2D eigenvalue weighted by atomic mass is 16.4. The van der Waals surface area contributed by atoms with E-state index in [2.05, 4.69) is 20.6 Å². The SMILES string of the molecule is CCCCC(=O)N(Cc1ccc(-c2ccccc2-c2nn[nH]n2)cc1)[C@@H](CCc1ccccc1)C(=O)O. The molecule has 0 radical (unpaired) electrons. The molecule has 0 bridgehead atoms. The summed E-state index contributed by atoms with van der Waals surface area (Å²) in [5.41, 5.74) is 4.70. The van der Waals surface area contributed by atoms with Gasteiger partial charge in [-0.25, -0.2) is 4.79 Å². The van der Waals surface area contributed by atoms with Crippen LogP contribution < -0.4 is 0 Å². The van der Waals surface area contributed by atoms with Gasteiger partial charge in [0.25, 0.3) is 0 Å². The van der Waals surface area contributed by atoms with E-state index < -0.39 is 12.0 Å². The molecule has 4 rings (SSSR count). The van der Waals surface area contributed by atoms with E-state index in [0.29, 0.717) is 25.1 Å². The standard InChI is InChI=1S/C29H31N5O3/c1-2-3-13-27(35)34(26(29(36)37)19-16-21-9-5-4-6-10-21)20-22-14-17-23(18-15-22)24-11-7-8-12-25(24)28-30-32-33-31-28/h4-12,14-15,17-18,26H,2-3,13,16,19-20H2,1H3,(H,36,37)(H,30,31,32,33)/t26-/m0/s1. The van der Waals surface area contributed by atoms with Crippen molar-refractivity contribution >= 4 is 11.9 Å². The third-order valence-corrected chi connectivity index (χ3v) is 6.41. The zero-order valence-electron chi connectivity index (χ0n) is 20.9. The first-order valence-corrected chi connectivity index (χ1v) is 12.5. The van der Waals surface area contributed by atoms with Gasteiger partial charge in [-0.05, 0) is 46.7 Å². The number of aryl methyl sites for hydroxylation is 1. The number of hydrogen-bond donors (Lipinski definition) is 2. The number of carbonyl (C=O) groups is 2. The molecule has 0 spiro atoms. The summed E-state index contributed by atoms with van der Waals surface area (Å²) in [6.07, 6.45) is 2.87. The summed E-state index contributed by atoms with van der Waals surface area (Å²) in [7, 11) is 0. The highest BCUT2D eigenvalue weighted by Gasteiger charge is 2.29. The fraction of sp³-hybridized carbons (Fsp3) is 0.276. The first-order chi connectivity index (χ1) is 18.1. The number of nitrogens with one attached hydrogen (secondary N) is 1. The van der Waals surface area contributed by atoms with Crippen molar-refractivity contribution in [3.8, 4) is 22.5 Å². The molecule has 1 aromatic heterocycles. The number of carbonyl (C=O) groups excluding carboxylic acids is 1. The highest BCUT2D eigenvalue weighted by molar-refractivity contribution is 5.84. The van der Waals surface area contributed by atoms with Gasteiger partial charge in [0.05, 0.1) is 0 Å². The average molecular weight is 498 g/mol. The third kappa shape index (κ3) is 6.67. The Morgan fingerprint density at radius 2 is 1.62 bits per heavy atom. The van der Waals surface area contributed by atoms with Crippen molar-refractivity contribution in [3.63, 3.8) is 0 Å². The smallest absolute Gasteiger partial charge is 0.326 e. The van der Waals surface area contributed by atoms with Crippen molar-refractivity contribution in [2.24, 2.45) is 0 Å². The van der Waals surface area contributed by atoms with Gasteiger partial charge in [0, 0.05) is 18.5 Å². The molecule has 0 aliphatic heterocycles. The number of nitrogens with zero attached hydrogens (tertiary/aromatic N) is 4. The number of benzene rings is 3. The quantitative estimate of drug-likeness (QED) is 0.280. The molecule has 0 saturated heterocycles. The molecule has 37 heavy (non-hydrogen) atoms. The number of hydrogen-bond acceptors (Lipinski definition) is 5. The van der Waals surface area contributed by atoms with Crippen LogP contribution in [-0.2, 0) is 22.6 Å². The summed E-state index contributed by atoms with van der Waals surface area (Å²) >= 11 is 0. The van der Waals surface area contributed by atoms with E-state index in [1.807, 2.05) is 85.8 Å². The maximum atomic E-state index is 13.2. The molecule has 190 valence electrons. The number of H-pyrrole nitrogens is 1. The van der Waals surface area contributed by atoms with Crippen molar-refractivity contribution in [1.82, 2.24) is 25.5 Å². The van der Waals surface area contributed by atoms with Crippen molar-refractivity contribution in [1.29, 1.82) is 0 Å². The molecule has 4 aromatic rings. The summed E-state index contributed by atoms with van der Waals surface area (Å²) in [5, 5.41) is 24.4. The molecule has 0 fully saturated rings. The number of amides is 1. The molecule has 2 N–H and O–H groups in total. The van der Waals surface area contributed by atoms with Gasteiger partial charge in [-0.3, -0.25) is 4.79 Å². The highest BCUT2D eigenvalue weighted by Crippen LogP contribution is 2.30. The van der Waals surface area contributed by atoms with E-state index in [4.69, 9.17) is 0 Å². The number of rotatable bonds is 12. The van der Waals surface area contributed by atoms with Crippen LogP contribution in [0.2, 0.25) is 0 Å². The summed E-state index contributed by atoms with van der Waals surface area (Å²) < 4.78 is 0. The number of carboxylic acid groups (broad SMARTS) is 1. The van der Waals surface area contributed by atoms with Gasteiger partial charge < -0.3 is 10.0 Å². The lowest BCUT2D eigenvalue weighted by Crippen LogP contribution is -2.44. The van der Waals surface area contributed by atoms with Gasteiger partial charge >= 0.3 is 5.97 Å². The van der Waals surface area contributed by atoms with Gasteiger partial charge in [0.2, 0.25) is 11.7 Å². The van der Waals surface area contributed by atoms with Crippen LogP contribution in [-0.4, -0.2) is 48.5 Å². The summed E-state index contributed by atoms with van der Waals surface area (Å²) in [5.74, 6) is -0.602. The fourth-order valence-electron chi connectivity index (χ4n) is 4.40. The lowest BCUT2D eigenvalue weighted by Gasteiger charge is -2.29. The Morgan fingerprint density at radius 3 is 2.27 bits per heavy atom.